The van der Waals surface area contributed by atoms with E-state index in [1.807, 2.05) is 0 Å². The van der Waals surface area contributed by atoms with Crippen LogP contribution in [-0.2, 0) is 40.0 Å². The molecule has 0 saturated heterocycles. The molecule has 1 aliphatic heterocycles. The Kier molecular flexibility index (Phi) is 12.8. The van der Waals surface area contributed by atoms with Gasteiger partial charge in [-0.1, -0.05) is 39.2 Å². The molecule has 3 N–H and O–H groups in total. The fraction of sp³-hybridized carbons (Fsp3) is 0.593. The summed E-state index contributed by atoms with van der Waals surface area (Å²) in [6.45, 7) is 7.83. The molecule has 0 radical (unpaired) electrons. The van der Waals surface area contributed by atoms with Gasteiger partial charge in [0.1, 0.15) is 0 Å². The predicted octanol–water partition coefficient (Wildman–Crippen LogP) is 6.03. The Hall–Kier alpha value is -2.72. The van der Waals surface area contributed by atoms with Crippen LogP contribution in [0.2, 0.25) is 0 Å². The van der Waals surface area contributed by atoms with Crippen molar-refractivity contribution < 1.29 is 27.4 Å². The molecule has 206 valence electrons. The summed E-state index contributed by atoms with van der Waals surface area (Å²) in [6, 6.07) is 4.01. The lowest BCUT2D eigenvalue weighted by Crippen LogP contribution is -2.22. The monoisotopic (exact) mass is 524 g/mol. The summed E-state index contributed by atoms with van der Waals surface area (Å²) in [4.78, 5) is 9.18. The average Bonchev–Trinajstić information content (AvgIpc) is 2.97. The van der Waals surface area contributed by atoms with Crippen LogP contribution in [0.25, 0.3) is 11.3 Å². The summed E-state index contributed by atoms with van der Waals surface area (Å²) in [5.41, 5.74) is 8.99. The number of carbonyl (C=O) groups excluding carboxylic acids is 1. The second-order valence-electron chi connectivity index (χ2n) is 8.88. The summed E-state index contributed by atoms with van der Waals surface area (Å²) < 4.78 is 49.6. The van der Waals surface area contributed by atoms with Gasteiger partial charge in [-0.05, 0) is 55.9 Å². The van der Waals surface area contributed by atoms with E-state index >= 15 is 0 Å². The number of unbranched alkanes of at least 4 members (excludes halogenated alkanes) is 2. The molecule has 2 heterocycles. The van der Waals surface area contributed by atoms with Gasteiger partial charge in [-0.2, -0.15) is 13.2 Å². The Labute approximate surface area is 217 Å². The molecule has 1 atom stereocenters. The number of hydrogen-bond donors (Lipinski definition) is 2. The number of rotatable bonds is 10. The molecule has 1 aliphatic rings. The van der Waals surface area contributed by atoms with Crippen molar-refractivity contribution in [1.82, 2.24) is 10.2 Å². The van der Waals surface area contributed by atoms with E-state index in [2.05, 4.69) is 34.1 Å². The molecular weight excluding hydrogens is 485 g/mol. The number of nitrogens with zero attached hydrogens (tertiary/aromatic N) is 2. The standard InChI is InChI=1S/C24H33F3N4O.C3H6O2/c1-3-5-6-8-18(4-2)29-23-21(14-28)20-9-7-12-32-15-16-13-17(24(25,26)27)10-11-19(16)22(20)30-31-23;1-2-5-3-4/h10-11,13,18H,3-9,12,14-15,28H2,1-2H3,(H,29,31);3H,2H2,1H3. The Morgan fingerprint density at radius 2 is 2.00 bits per heavy atom. The van der Waals surface area contributed by atoms with Gasteiger partial charge in [0.15, 0.2) is 5.82 Å². The first-order chi connectivity index (χ1) is 17.8. The van der Waals surface area contributed by atoms with Gasteiger partial charge in [0.2, 0.25) is 0 Å². The number of hydrogen-bond acceptors (Lipinski definition) is 7. The van der Waals surface area contributed by atoms with Gasteiger partial charge in [0.05, 0.1) is 24.5 Å². The number of nitrogens with one attached hydrogen (secondary N) is 1. The third-order valence-corrected chi connectivity index (χ3v) is 6.28. The number of halogens is 3. The minimum atomic E-state index is -4.41. The van der Waals surface area contributed by atoms with Crippen LogP contribution < -0.4 is 11.1 Å². The van der Waals surface area contributed by atoms with Crippen molar-refractivity contribution in [3.8, 4) is 11.3 Å². The highest BCUT2D eigenvalue weighted by atomic mass is 19.4. The molecule has 2 aromatic rings. The number of aromatic nitrogens is 2. The highest BCUT2D eigenvalue weighted by Gasteiger charge is 2.32. The van der Waals surface area contributed by atoms with E-state index in [1.165, 1.54) is 18.9 Å². The Bertz CT molecular complexity index is 986. The first kappa shape index (κ1) is 30.5. The first-order valence-electron chi connectivity index (χ1n) is 13.0. The zero-order chi connectivity index (χ0) is 27.3. The van der Waals surface area contributed by atoms with Crippen molar-refractivity contribution in [3.05, 3.63) is 40.5 Å². The second kappa shape index (κ2) is 15.5. The summed E-state index contributed by atoms with van der Waals surface area (Å²) in [6.07, 6.45) is 2.51. The molecule has 1 aromatic carbocycles. The summed E-state index contributed by atoms with van der Waals surface area (Å²) in [5.74, 6) is 0.684. The SMILES string of the molecule is CCCCCC(CC)Nc1nnc2c(c1CN)CCCOCc1cc(C(F)(F)F)ccc1-2.CCOC=O. The highest BCUT2D eigenvalue weighted by molar-refractivity contribution is 5.71. The van der Waals surface area contributed by atoms with Gasteiger partial charge in [-0.3, -0.25) is 4.79 Å². The van der Waals surface area contributed by atoms with Crippen molar-refractivity contribution in [2.75, 3.05) is 18.5 Å². The van der Waals surface area contributed by atoms with Gasteiger partial charge in [0, 0.05) is 30.3 Å². The van der Waals surface area contributed by atoms with Crippen LogP contribution in [0.15, 0.2) is 18.2 Å². The van der Waals surface area contributed by atoms with Crippen LogP contribution >= 0.6 is 0 Å². The maximum Gasteiger partial charge on any atom is 0.416 e. The number of carbonyl (C=O) groups is 1. The van der Waals surface area contributed by atoms with E-state index < -0.39 is 11.7 Å². The minimum absolute atomic E-state index is 0.105. The minimum Gasteiger partial charge on any atom is -0.468 e. The van der Waals surface area contributed by atoms with E-state index in [4.69, 9.17) is 10.5 Å². The lowest BCUT2D eigenvalue weighted by molar-refractivity contribution is -0.137. The average molecular weight is 525 g/mol. The molecular formula is C27H39F3N4O3. The van der Waals surface area contributed by atoms with Crippen molar-refractivity contribution >= 4 is 12.3 Å². The lowest BCUT2D eigenvalue weighted by Gasteiger charge is -2.22. The molecule has 10 heteroatoms. The topological polar surface area (TPSA) is 99.4 Å². The van der Waals surface area contributed by atoms with Crippen LogP contribution in [0, 0.1) is 0 Å². The quantitative estimate of drug-likeness (QED) is 0.289. The van der Waals surface area contributed by atoms with Crippen LogP contribution in [0.3, 0.4) is 0 Å². The van der Waals surface area contributed by atoms with Crippen LogP contribution in [-0.4, -0.2) is 35.9 Å². The Balaban J connectivity index is 0.000000877. The number of alkyl halides is 3. The number of anilines is 1. The van der Waals surface area contributed by atoms with Crippen molar-refractivity contribution in [2.24, 2.45) is 5.73 Å². The zero-order valence-electron chi connectivity index (χ0n) is 22.0. The van der Waals surface area contributed by atoms with E-state index in [0.717, 1.165) is 48.9 Å². The molecule has 1 unspecified atom stereocenters. The van der Waals surface area contributed by atoms with Gasteiger partial charge >= 0.3 is 6.18 Å². The molecule has 0 aliphatic carbocycles. The van der Waals surface area contributed by atoms with Crippen molar-refractivity contribution in [3.63, 3.8) is 0 Å². The Morgan fingerprint density at radius 1 is 1.22 bits per heavy atom. The van der Waals surface area contributed by atoms with Gasteiger partial charge in [-0.15, -0.1) is 10.2 Å². The van der Waals surface area contributed by atoms with Crippen molar-refractivity contribution in [2.45, 2.75) is 91.1 Å². The van der Waals surface area contributed by atoms with Crippen LogP contribution in [0.4, 0.5) is 19.0 Å². The Morgan fingerprint density at radius 3 is 2.59 bits per heavy atom. The molecule has 1 aromatic heterocycles. The molecule has 3 rings (SSSR count). The first-order valence-corrected chi connectivity index (χ1v) is 13.0. The summed E-state index contributed by atoms with van der Waals surface area (Å²) >= 11 is 0. The van der Waals surface area contributed by atoms with Gasteiger partial charge in [-0.25, -0.2) is 0 Å². The second-order valence-corrected chi connectivity index (χ2v) is 8.88. The normalized spacial score (nSPS) is 14.0. The molecule has 0 fully saturated rings. The number of ether oxygens (including phenoxy) is 2. The predicted molar refractivity (Wildman–Crippen MR) is 138 cm³/mol. The maximum atomic E-state index is 13.3. The van der Waals surface area contributed by atoms with Gasteiger partial charge < -0.3 is 20.5 Å². The number of nitrogens with two attached hydrogens (primary N) is 1. The number of fused-ring (bicyclic) bond motifs is 3. The van der Waals surface area contributed by atoms with Crippen LogP contribution in [0.5, 0.6) is 0 Å². The molecule has 0 bridgehead atoms. The third kappa shape index (κ3) is 8.96. The molecule has 37 heavy (non-hydrogen) atoms. The number of benzene rings is 1. The smallest absolute Gasteiger partial charge is 0.416 e. The summed E-state index contributed by atoms with van der Waals surface area (Å²) in [7, 11) is 0. The van der Waals surface area contributed by atoms with E-state index in [9.17, 15) is 18.0 Å². The van der Waals surface area contributed by atoms with E-state index in [0.29, 0.717) is 48.7 Å². The molecule has 0 saturated carbocycles. The summed E-state index contributed by atoms with van der Waals surface area (Å²) in [5, 5.41) is 12.5. The lowest BCUT2D eigenvalue weighted by atomic mass is 9.94. The van der Waals surface area contributed by atoms with E-state index in [1.54, 1.807) is 6.92 Å². The highest BCUT2D eigenvalue weighted by Crippen LogP contribution is 2.36. The van der Waals surface area contributed by atoms with Crippen LogP contribution in [0.1, 0.15) is 81.5 Å². The van der Waals surface area contributed by atoms with Crippen molar-refractivity contribution in [1.29, 1.82) is 0 Å². The fourth-order valence-electron chi connectivity index (χ4n) is 4.26. The fourth-order valence-corrected chi connectivity index (χ4v) is 4.26. The molecule has 0 amide bonds. The zero-order valence-corrected chi connectivity index (χ0v) is 22.0. The molecule has 7 nitrogen and oxygen atoms in total. The maximum absolute atomic E-state index is 13.3. The third-order valence-electron chi connectivity index (χ3n) is 6.28. The molecule has 0 spiro atoms. The van der Waals surface area contributed by atoms with E-state index in [-0.39, 0.29) is 19.2 Å². The largest absolute Gasteiger partial charge is 0.468 e. The van der Waals surface area contributed by atoms with Gasteiger partial charge in [0.25, 0.3) is 6.47 Å².